The third kappa shape index (κ3) is 1.35. The van der Waals surface area contributed by atoms with Gasteiger partial charge in [-0.3, -0.25) is 4.79 Å². The zero-order chi connectivity index (χ0) is 8.55. The van der Waals surface area contributed by atoms with Gasteiger partial charge in [0.25, 0.3) is 0 Å². The molecular formula is C8H10O4. The molecule has 2 aliphatic heterocycles. The average molecular weight is 170 g/mol. The highest BCUT2D eigenvalue weighted by Crippen LogP contribution is 2.23. The van der Waals surface area contributed by atoms with Crippen molar-refractivity contribution in [3.63, 3.8) is 0 Å². The Morgan fingerprint density at radius 2 is 2.42 bits per heavy atom. The Hall–Kier alpha value is -0.870. The van der Waals surface area contributed by atoms with Gasteiger partial charge in [0.05, 0.1) is 6.61 Å². The molecule has 2 aliphatic rings. The summed E-state index contributed by atoms with van der Waals surface area (Å²) in [6.45, 7) is 1.92. The van der Waals surface area contributed by atoms with Crippen LogP contribution in [0.4, 0.5) is 0 Å². The van der Waals surface area contributed by atoms with Crippen molar-refractivity contribution in [1.82, 2.24) is 0 Å². The summed E-state index contributed by atoms with van der Waals surface area (Å²) in [5.41, 5.74) is 0. The molecule has 0 aromatic heterocycles. The molecule has 0 radical (unpaired) electrons. The van der Waals surface area contributed by atoms with Crippen LogP contribution >= 0.6 is 0 Å². The molecule has 0 spiro atoms. The van der Waals surface area contributed by atoms with Crippen molar-refractivity contribution >= 4 is 5.97 Å². The van der Waals surface area contributed by atoms with E-state index in [0.717, 1.165) is 0 Å². The predicted octanol–water partition coefficient (Wildman–Crippen LogP) is 0.229. The molecule has 3 atom stereocenters. The van der Waals surface area contributed by atoms with Gasteiger partial charge in [-0.15, -0.1) is 0 Å². The van der Waals surface area contributed by atoms with Gasteiger partial charge in [0, 0.05) is 6.92 Å². The molecule has 4 nitrogen and oxygen atoms in total. The van der Waals surface area contributed by atoms with Gasteiger partial charge >= 0.3 is 5.97 Å². The number of hydrogen-bond acceptors (Lipinski definition) is 4. The highest BCUT2D eigenvalue weighted by molar-refractivity contribution is 5.66. The van der Waals surface area contributed by atoms with Gasteiger partial charge in [-0.1, -0.05) is 6.08 Å². The van der Waals surface area contributed by atoms with Crippen LogP contribution in [0.3, 0.4) is 0 Å². The van der Waals surface area contributed by atoms with E-state index in [1.807, 2.05) is 12.2 Å². The number of hydrogen-bond donors (Lipinski definition) is 0. The number of carbonyl (C=O) groups is 1. The molecule has 4 heteroatoms. The molecule has 0 saturated carbocycles. The monoisotopic (exact) mass is 170 g/mol. The minimum atomic E-state index is -0.399. The zero-order valence-corrected chi connectivity index (χ0v) is 6.73. The quantitative estimate of drug-likeness (QED) is 0.417. The number of carbonyl (C=O) groups excluding carboxylic acids is 1. The lowest BCUT2D eigenvalue weighted by Crippen LogP contribution is -2.32. The van der Waals surface area contributed by atoms with Crippen LogP contribution in [0, 0.1) is 0 Å². The van der Waals surface area contributed by atoms with Crippen LogP contribution in [0.5, 0.6) is 0 Å². The van der Waals surface area contributed by atoms with Gasteiger partial charge in [0.1, 0.15) is 6.10 Å². The number of esters is 1. The Morgan fingerprint density at radius 3 is 3.17 bits per heavy atom. The maximum atomic E-state index is 10.6. The maximum absolute atomic E-state index is 10.6. The fourth-order valence-corrected chi connectivity index (χ4v) is 1.32. The molecule has 1 saturated heterocycles. The average Bonchev–Trinajstić information content (AvgIpc) is 2.39. The SMILES string of the molecule is CC(=O)O[C@H]1C=C[C@H]2CO[C@@H]1O2. The Balaban J connectivity index is 2.02. The molecular weight excluding hydrogens is 160 g/mol. The third-order valence-corrected chi connectivity index (χ3v) is 1.82. The van der Waals surface area contributed by atoms with Crippen LogP contribution in [0.25, 0.3) is 0 Å². The summed E-state index contributed by atoms with van der Waals surface area (Å²) in [4.78, 5) is 10.6. The standard InChI is InChI=1S/C8H10O4/c1-5(9)11-7-3-2-6-4-10-8(7)12-6/h2-3,6-8H,4H2,1H3/t6-,7-,8+/m0/s1. The minimum absolute atomic E-state index is 0.0433. The van der Waals surface area contributed by atoms with Crippen LogP contribution in [0.15, 0.2) is 12.2 Å². The normalized spacial score (nSPS) is 38.2. The molecule has 0 N–H and O–H groups in total. The van der Waals surface area contributed by atoms with E-state index in [-0.39, 0.29) is 18.2 Å². The summed E-state index contributed by atoms with van der Waals surface area (Å²) in [7, 11) is 0. The second-order valence-electron chi connectivity index (χ2n) is 2.84. The fraction of sp³-hybridized carbons (Fsp3) is 0.625. The van der Waals surface area contributed by atoms with Crippen molar-refractivity contribution in [2.75, 3.05) is 6.61 Å². The Morgan fingerprint density at radius 1 is 1.58 bits per heavy atom. The highest BCUT2D eigenvalue weighted by atomic mass is 16.7. The molecule has 2 heterocycles. The van der Waals surface area contributed by atoms with E-state index in [2.05, 4.69) is 0 Å². The molecule has 0 aromatic carbocycles. The molecule has 1 fully saturated rings. The van der Waals surface area contributed by atoms with Gasteiger partial charge in [-0.25, -0.2) is 0 Å². The minimum Gasteiger partial charge on any atom is -0.453 e. The van der Waals surface area contributed by atoms with Crippen molar-refractivity contribution in [3.8, 4) is 0 Å². The Kier molecular flexibility index (Phi) is 1.86. The van der Waals surface area contributed by atoms with Crippen LogP contribution in [0.2, 0.25) is 0 Å². The smallest absolute Gasteiger partial charge is 0.303 e. The number of ether oxygens (including phenoxy) is 3. The number of fused-ring (bicyclic) bond motifs is 2. The summed E-state index contributed by atoms with van der Waals surface area (Å²) in [5, 5.41) is 0. The molecule has 0 aromatic rings. The van der Waals surface area contributed by atoms with E-state index < -0.39 is 6.29 Å². The van der Waals surface area contributed by atoms with Crippen molar-refractivity contribution in [2.24, 2.45) is 0 Å². The second-order valence-corrected chi connectivity index (χ2v) is 2.84. The van der Waals surface area contributed by atoms with E-state index in [4.69, 9.17) is 14.2 Å². The van der Waals surface area contributed by atoms with Gasteiger partial charge in [-0.2, -0.15) is 0 Å². The summed E-state index contributed by atoms with van der Waals surface area (Å²) < 4.78 is 15.5. The lowest BCUT2D eigenvalue weighted by atomic mass is 10.2. The summed E-state index contributed by atoms with van der Waals surface area (Å²) in [6.07, 6.45) is 2.94. The topological polar surface area (TPSA) is 44.8 Å². The van der Waals surface area contributed by atoms with E-state index >= 15 is 0 Å². The lowest BCUT2D eigenvalue weighted by molar-refractivity contribution is -0.167. The molecule has 12 heavy (non-hydrogen) atoms. The first-order chi connectivity index (χ1) is 5.75. The third-order valence-electron chi connectivity index (χ3n) is 1.82. The van der Waals surface area contributed by atoms with Crippen LogP contribution in [-0.2, 0) is 19.0 Å². The van der Waals surface area contributed by atoms with E-state index in [1.165, 1.54) is 6.92 Å². The lowest BCUT2D eigenvalue weighted by Gasteiger charge is -2.21. The van der Waals surface area contributed by atoms with Crippen molar-refractivity contribution in [3.05, 3.63) is 12.2 Å². The zero-order valence-electron chi connectivity index (χ0n) is 6.73. The molecule has 66 valence electrons. The Labute approximate surface area is 70.1 Å². The highest BCUT2D eigenvalue weighted by Gasteiger charge is 2.35. The van der Waals surface area contributed by atoms with E-state index in [1.54, 1.807) is 0 Å². The predicted molar refractivity (Wildman–Crippen MR) is 39.3 cm³/mol. The largest absolute Gasteiger partial charge is 0.453 e. The molecule has 2 rings (SSSR count). The first kappa shape index (κ1) is 7.76. The van der Waals surface area contributed by atoms with Gasteiger partial charge < -0.3 is 14.2 Å². The molecule has 0 amide bonds. The van der Waals surface area contributed by atoms with Crippen LogP contribution < -0.4 is 0 Å². The van der Waals surface area contributed by atoms with Crippen molar-refractivity contribution in [1.29, 1.82) is 0 Å². The van der Waals surface area contributed by atoms with Gasteiger partial charge in [0.2, 0.25) is 0 Å². The Bertz CT molecular complexity index is 223. The molecule has 0 unspecified atom stereocenters. The van der Waals surface area contributed by atoms with Gasteiger partial charge in [-0.05, 0) is 6.08 Å². The first-order valence-electron chi connectivity index (χ1n) is 3.88. The molecule has 0 aliphatic carbocycles. The maximum Gasteiger partial charge on any atom is 0.303 e. The summed E-state index contributed by atoms with van der Waals surface area (Å²) >= 11 is 0. The number of rotatable bonds is 1. The van der Waals surface area contributed by atoms with E-state index in [9.17, 15) is 4.79 Å². The first-order valence-corrected chi connectivity index (χ1v) is 3.88. The summed E-state index contributed by atoms with van der Waals surface area (Å²) in [6, 6.07) is 0. The van der Waals surface area contributed by atoms with Crippen molar-refractivity contribution < 1.29 is 19.0 Å². The fourth-order valence-electron chi connectivity index (χ4n) is 1.32. The van der Waals surface area contributed by atoms with Crippen molar-refractivity contribution in [2.45, 2.75) is 25.4 Å². The van der Waals surface area contributed by atoms with Crippen LogP contribution in [0.1, 0.15) is 6.92 Å². The summed E-state index contributed by atoms with van der Waals surface area (Å²) in [5.74, 6) is -0.317. The van der Waals surface area contributed by atoms with Gasteiger partial charge in [0.15, 0.2) is 12.4 Å². The van der Waals surface area contributed by atoms with Crippen LogP contribution in [-0.4, -0.2) is 31.1 Å². The van der Waals surface area contributed by atoms with E-state index in [0.29, 0.717) is 6.61 Å². The molecule has 2 bridgehead atoms. The second kappa shape index (κ2) is 2.88.